The Morgan fingerprint density at radius 3 is 2.71 bits per heavy atom. The zero-order valence-electron chi connectivity index (χ0n) is 9.87. The average molecular weight is 249 g/mol. The summed E-state index contributed by atoms with van der Waals surface area (Å²) in [5, 5.41) is 9.70. The van der Waals surface area contributed by atoms with Gasteiger partial charge in [0.05, 0.1) is 6.10 Å². The van der Waals surface area contributed by atoms with Crippen LogP contribution in [0.2, 0.25) is 0 Å². The van der Waals surface area contributed by atoms with Gasteiger partial charge >= 0.3 is 6.18 Å². The fourth-order valence-corrected chi connectivity index (χ4v) is 1.70. The van der Waals surface area contributed by atoms with Gasteiger partial charge in [0.15, 0.2) is 0 Å². The van der Waals surface area contributed by atoms with E-state index in [9.17, 15) is 18.3 Å². The molecule has 0 radical (unpaired) electrons. The number of aliphatic hydroxyl groups is 1. The number of halogens is 3. The molecule has 98 valence electrons. The van der Waals surface area contributed by atoms with E-state index in [-0.39, 0.29) is 6.42 Å². The normalized spacial score (nSPS) is 13.9. The van der Waals surface area contributed by atoms with Crippen LogP contribution in [0.25, 0.3) is 0 Å². The number of aromatic nitrogens is 1. The standard InChI is InChI=1S/C12H18F3NO/c1-2-4-11(17)10-5-8-16(9-10)7-3-6-12(13,14)15/h5,8-9,11,17H,2-4,6-7H2,1H3. The van der Waals surface area contributed by atoms with Gasteiger partial charge in [-0.25, -0.2) is 0 Å². The summed E-state index contributed by atoms with van der Waals surface area (Å²) in [4.78, 5) is 0. The molecule has 1 aromatic heterocycles. The van der Waals surface area contributed by atoms with Gasteiger partial charge < -0.3 is 9.67 Å². The van der Waals surface area contributed by atoms with Crippen LogP contribution in [0.4, 0.5) is 13.2 Å². The van der Waals surface area contributed by atoms with Crippen LogP contribution >= 0.6 is 0 Å². The maximum Gasteiger partial charge on any atom is 0.389 e. The molecule has 17 heavy (non-hydrogen) atoms. The number of rotatable bonds is 6. The molecule has 1 atom stereocenters. The highest BCUT2D eigenvalue weighted by Crippen LogP contribution is 2.22. The van der Waals surface area contributed by atoms with Crippen LogP contribution in [-0.4, -0.2) is 15.8 Å². The molecule has 5 heteroatoms. The summed E-state index contributed by atoms with van der Waals surface area (Å²) in [6.45, 7) is 2.31. The molecule has 0 saturated heterocycles. The second-order valence-electron chi connectivity index (χ2n) is 4.21. The molecule has 1 unspecified atom stereocenters. The maximum absolute atomic E-state index is 11.9. The molecule has 0 amide bonds. The lowest BCUT2D eigenvalue weighted by Crippen LogP contribution is -2.08. The molecule has 2 nitrogen and oxygen atoms in total. The monoisotopic (exact) mass is 249 g/mol. The Kier molecular flexibility index (Phi) is 5.05. The van der Waals surface area contributed by atoms with Crippen LogP contribution in [0.1, 0.15) is 44.3 Å². The average Bonchev–Trinajstić information content (AvgIpc) is 2.65. The minimum Gasteiger partial charge on any atom is -0.388 e. The Morgan fingerprint density at radius 2 is 2.12 bits per heavy atom. The summed E-state index contributed by atoms with van der Waals surface area (Å²) < 4.78 is 37.5. The molecular weight excluding hydrogens is 231 g/mol. The molecule has 0 fully saturated rings. The Labute approximate surface area is 99.1 Å². The summed E-state index contributed by atoms with van der Waals surface area (Å²) in [6.07, 6.45) is -0.310. The molecule has 0 aliphatic carbocycles. The van der Waals surface area contributed by atoms with Crippen LogP contribution in [0, 0.1) is 0 Å². The quantitative estimate of drug-likeness (QED) is 0.817. The van der Waals surface area contributed by atoms with Crippen molar-refractivity contribution in [3.63, 3.8) is 0 Å². The molecular formula is C12H18F3NO. The molecule has 0 aliphatic rings. The summed E-state index contributed by atoms with van der Waals surface area (Å²) in [5.41, 5.74) is 0.777. The van der Waals surface area contributed by atoms with Gasteiger partial charge in [-0.05, 0) is 24.5 Å². The van der Waals surface area contributed by atoms with E-state index < -0.39 is 18.7 Å². The van der Waals surface area contributed by atoms with Crippen molar-refractivity contribution in [2.24, 2.45) is 0 Å². The third-order valence-corrected chi connectivity index (χ3v) is 2.60. The van der Waals surface area contributed by atoms with E-state index >= 15 is 0 Å². The maximum atomic E-state index is 11.9. The van der Waals surface area contributed by atoms with E-state index in [0.717, 1.165) is 12.0 Å². The van der Waals surface area contributed by atoms with Gasteiger partial charge in [-0.1, -0.05) is 13.3 Å². The first-order valence-electron chi connectivity index (χ1n) is 5.83. The molecule has 0 aromatic carbocycles. The van der Waals surface area contributed by atoms with Crippen molar-refractivity contribution in [3.8, 4) is 0 Å². The smallest absolute Gasteiger partial charge is 0.388 e. The zero-order chi connectivity index (χ0) is 12.9. The molecule has 0 bridgehead atoms. The second-order valence-corrected chi connectivity index (χ2v) is 4.21. The molecule has 1 heterocycles. The molecule has 1 N–H and O–H groups in total. The topological polar surface area (TPSA) is 25.2 Å². The highest BCUT2D eigenvalue weighted by molar-refractivity contribution is 5.13. The first kappa shape index (κ1) is 14.1. The van der Waals surface area contributed by atoms with E-state index in [1.54, 1.807) is 23.0 Å². The van der Waals surface area contributed by atoms with Gasteiger partial charge in [0.2, 0.25) is 0 Å². The number of alkyl halides is 3. The van der Waals surface area contributed by atoms with Gasteiger partial charge in [0, 0.05) is 25.4 Å². The Hall–Kier alpha value is -0.970. The van der Waals surface area contributed by atoms with Gasteiger partial charge in [-0.2, -0.15) is 13.2 Å². The summed E-state index contributed by atoms with van der Waals surface area (Å²) >= 11 is 0. The number of aliphatic hydroxyl groups excluding tert-OH is 1. The molecule has 0 spiro atoms. The van der Waals surface area contributed by atoms with Gasteiger partial charge in [0.1, 0.15) is 0 Å². The van der Waals surface area contributed by atoms with Gasteiger partial charge in [-0.15, -0.1) is 0 Å². The lowest BCUT2D eigenvalue weighted by atomic mass is 10.1. The summed E-state index contributed by atoms with van der Waals surface area (Å²) in [6, 6.07) is 1.76. The van der Waals surface area contributed by atoms with E-state index in [1.165, 1.54) is 0 Å². The van der Waals surface area contributed by atoms with Crippen molar-refractivity contribution < 1.29 is 18.3 Å². The number of hydrogen-bond donors (Lipinski definition) is 1. The zero-order valence-corrected chi connectivity index (χ0v) is 9.87. The second kappa shape index (κ2) is 6.10. The first-order chi connectivity index (χ1) is 7.92. The number of hydrogen-bond acceptors (Lipinski definition) is 1. The van der Waals surface area contributed by atoms with Crippen molar-refractivity contribution in [1.29, 1.82) is 0 Å². The number of nitrogens with zero attached hydrogens (tertiary/aromatic N) is 1. The fraction of sp³-hybridized carbons (Fsp3) is 0.667. The lowest BCUT2D eigenvalue weighted by molar-refractivity contribution is -0.135. The van der Waals surface area contributed by atoms with E-state index in [4.69, 9.17) is 0 Å². The SMILES string of the molecule is CCCC(O)c1ccn(CCCC(F)(F)F)c1. The van der Waals surface area contributed by atoms with Gasteiger partial charge in [-0.3, -0.25) is 0 Å². The van der Waals surface area contributed by atoms with Crippen molar-refractivity contribution in [2.75, 3.05) is 0 Å². The summed E-state index contributed by atoms with van der Waals surface area (Å²) in [5.74, 6) is 0. The number of aryl methyl sites for hydroxylation is 1. The van der Waals surface area contributed by atoms with Crippen LogP contribution in [-0.2, 0) is 6.54 Å². The molecule has 1 aromatic rings. The van der Waals surface area contributed by atoms with Crippen LogP contribution < -0.4 is 0 Å². The van der Waals surface area contributed by atoms with Crippen molar-refractivity contribution in [1.82, 2.24) is 4.57 Å². The Balaban J connectivity index is 2.40. The molecule has 0 saturated carbocycles. The van der Waals surface area contributed by atoms with Crippen molar-refractivity contribution >= 4 is 0 Å². The highest BCUT2D eigenvalue weighted by atomic mass is 19.4. The van der Waals surface area contributed by atoms with E-state index in [2.05, 4.69) is 0 Å². The Morgan fingerprint density at radius 1 is 1.41 bits per heavy atom. The first-order valence-corrected chi connectivity index (χ1v) is 5.83. The highest BCUT2D eigenvalue weighted by Gasteiger charge is 2.25. The Bertz CT molecular complexity index is 333. The molecule has 0 aliphatic heterocycles. The van der Waals surface area contributed by atoms with Crippen LogP contribution in [0.3, 0.4) is 0 Å². The van der Waals surface area contributed by atoms with Gasteiger partial charge in [0.25, 0.3) is 0 Å². The third kappa shape index (κ3) is 5.26. The predicted octanol–water partition coefficient (Wildman–Crippen LogP) is 3.66. The van der Waals surface area contributed by atoms with Crippen LogP contribution in [0.5, 0.6) is 0 Å². The molecule has 1 rings (SSSR count). The third-order valence-electron chi connectivity index (χ3n) is 2.60. The van der Waals surface area contributed by atoms with Crippen molar-refractivity contribution in [3.05, 3.63) is 24.0 Å². The minimum absolute atomic E-state index is 0.0709. The lowest BCUT2D eigenvalue weighted by Gasteiger charge is -2.08. The summed E-state index contributed by atoms with van der Waals surface area (Å²) in [7, 11) is 0. The van der Waals surface area contributed by atoms with E-state index in [0.29, 0.717) is 13.0 Å². The van der Waals surface area contributed by atoms with Crippen molar-refractivity contribution in [2.45, 2.75) is 51.4 Å². The largest absolute Gasteiger partial charge is 0.389 e. The minimum atomic E-state index is -4.09. The fourth-order valence-electron chi connectivity index (χ4n) is 1.70. The van der Waals surface area contributed by atoms with E-state index in [1.807, 2.05) is 6.92 Å². The van der Waals surface area contributed by atoms with Crippen LogP contribution in [0.15, 0.2) is 18.5 Å². The predicted molar refractivity (Wildman–Crippen MR) is 59.6 cm³/mol.